The average molecular weight is 371 g/mol. The molecule has 1 saturated heterocycles. The lowest BCUT2D eigenvalue weighted by Crippen LogP contribution is -2.36. The Morgan fingerprint density at radius 2 is 1.78 bits per heavy atom. The van der Waals surface area contributed by atoms with Gasteiger partial charge in [-0.3, -0.25) is 4.79 Å². The van der Waals surface area contributed by atoms with E-state index in [1.54, 1.807) is 12.1 Å². The number of hydrogen-bond donors (Lipinski definition) is 1. The Balaban J connectivity index is 1.54. The van der Waals surface area contributed by atoms with Gasteiger partial charge < -0.3 is 24.9 Å². The van der Waals surface area contributed by atoms with Gasteiger partial charge in [0.25, 0.3) is 5.91 Å². The second-order valence-electron chi connectivity index (χ2n) is 6.13. The number of amides is 1. The molecule has 1 aromatic heterocycles. The summed E-state index contributed by atoms with van der Waals surface area (Å²) in [4.78, 5) is 26.5. The fourth-order valence-electron chi connectivity index (χ4n) is 2.65. The zero-order valence-corrected chi connectivity index (χ0v) is 15.0. The zero-order valence-electron chi connectivity index (χ0n) is 15.0. The topological polar surface area (TPSA) is 94.8 Å². The minimum atomic E-state index is -0.976. The van der Waals surface area contributed by atoms with E-state index in [2.05, 4.69) is 10.2 Å². The molecule has 0 saturated carbocycles. The number of ether oxygens (including phenoxy) is 2. The second kappa shape index (κ2) is 8.50. The molecule has 0 bridgehead atoms. The number of carbonyl (C=O) groups excluding carboxylic acids is 2. The molecule has 1 atom stereocenters. The molecule has 1 aliphatic rings. The van der Waals surface area contributed by atoms with Gasteiger partial charge in [-0.25, -0.2) is 4.79 Å². The highest BCUT2D eigenvalue weighted by molar-refractivity contribution is 5.97. The molecule has 2 heterocycles. The number of nitrogens with zero attached hydrogens (tertiary/aromatic N) is 2. The maximum absolute atomic E-state index is 12.3. The molecule has 2 aromatic rings. The molecule has 0 spiro atoms. The van der Waals surface area contributed by atoms with Crippen LogP contribution in [0, 0.1) is 5.21 Å². The fourth-order valence-corrected chi connectivity index (χ4v) is 2.65. The first-order valence-electron chi connectivity index (χ1n) is 8.66. The van der Waals surface area contributed by atoms with Crippen molar-refractivity contribution in [2.24, 2.45) is 0 Å². The van der Waals surface area contributed by atoms with Crippen LogP contribution in [0.3, 0.4) is 0 Å². The molecule has 1 aromatic carbocycles. The summed E-state index contributed by atoms with van der Waals surface area (Å²) in [7, 11) is 0. The van der Waals surface area contributed by atoms with E-state index >= 15 is 0 Å². The maximum Gasteiger partial charge on any atom is 0.339 e. The first-order valence-corrected chi connectivity index (χ1v) is 8.66. The highest BCUT2D eigenvalue weighted by Gasteiger charge is 2.20. The minimum absolute atomic E-state index is 0.205. The number of pyridine rings is 1. The minimum Gasteiger partial charge on any atom is -0.619 e. The number of rotatable bonds is 5. The lowest BCUT2D eigenvalue weighted by Gasteiger charge is -2.28. The molecule has 27 heavy (non-hydrogen) atoms. The molecule has 142 valence electrons. The molecular weight excluding hydrogens is 350 g/mol. The third-order valence-corrected chi connectivity index (χ3v) is 4.20. The summed E-state index contributed by atoms with van der Waals surface area (Å²) in [6.45, 7) is 4.58. The zero-order chi connectivity index (χ0) is 19.2. The van der Waals surface area contributed by atoms with E-state index in [9.17, 15) is 14.8 Å². The number of hydrogen-bond acceptors (Lipinski definition) is 6. The van der Waals surface area contributed by atoms with Crippen LogP contribution < -0.4 is 14.9 Å². The number of morpholine rings is 1. The van der Waals surface area contributed by atoms with Crippen LogP contribution in [0.5, 0.6) is 0 Å². The molecule has 8 nitrogen and oxygen atoms in total. The number of carbonyl (C=O) groups is 2. The molecule has 1 amide bonds. The van der Waals surface area contributed by atoms with Gasteiger partial charge in [-0.1, -0.05) is 0 Å². The van der Waals surface area contributed by atoms with Crippen LogP contribution in [0.25, 0.3) is 0 Å². The van der Waals surface area contributed by atoms with E-state index in [0.717, 1.165) is 18.8 Å². The van der Waals surface area contributed by atoms with Gasteiger partial charge in [0, 0.05) is 36.6 Å². The summed E-state index contributed by atoms with van der Waals surface area (Å²) < 4.78 is 11.0. The van der Waals surface area contributed by atoms with Crippen LogP contribution in [0.1, 0.15) is 17.3 Å². The largest absolute Gasteiger partial charge is 0.619 e. The lowest BCUT2D eigenvalue weighted by molar-refractivity contribution is -0.605. The van der Waals surface area contributed by atoms with Crippen LogP contribution in [0.2, 0.25) is 0 Å². The molecule has 8 heteroatoms. The molecule has 1 aliphatic heterocycles. The standard InChI is InChI=1S/C19H21N3O5/c1-14(27-19(24)15-6-8-22(25)9-7-15)18(23)20-16-2-4-17(5-3-16)21-10-12-26-13-11-21/h2-9,14H,10-13H2,1H3,(H,20,23)/t14-/m0/s1. The highest BCUT2D eigenvalue weighted by Crippen LogP contribution is 2.19. The van der Waals surface area contributed by atoms with Gasteiger partial charge >= 0.3 is 5.97 Å². The predicted molar refractivity (Wildman–Crippen MR) is 98.4 cm³/mol. The number of aromatic nitrogens is 1. The Kier molecular flexibility index (Phi) is 5.87. The van der Waals surface area contributed by atoms with E-state index in [-0.39, 0.29) is 5.56 Å². The smallest absolute Gasteiger partial charge is 0.339 e. The first-order chi connectivity index (χ1) is 13.0. The first kappa shape index (κ1) is 18.7. The number of nitrogens with one attached hydrogen (secondary N) is 1. The van der Waals surface area contributed by atoms with Gasteiger partial charge in [-0.15, -0.1) is 0 Å². The van der Waals surface area contributed by atoms with Gasteiger partial charge in [0.15, 0.2) is 18.5 Å². The van der Waals surface area contributed by atoms with Gasteiger partial charge in [0.2, 0.25) is 0 Å². The molecule has 0 unspecified atom stereocenters. The molecule has 0 aliphatic carbocycles. The van der Waals surface area contributed by atoms with Crippen molar-refractivity contribution in [2.75, 3.05) is 36.5 Å². The van der Waals surface area contributed by atoms with Crippen molar-refractivity contribution in [1.29, 1.82) is 0 Å². The number of benzene rings is 1. The normalized spacial score (nSPS) is 15.1. The molecule has 1 fully saturated rings. The van der Waals surface area contributed by atoms with Gasteiger partial charge in [-0.2, -0.15) is 4.73 Å². The van der Waals surface area contributed by atoms with Crippen molar-refractivity contribution in [2.45, 2.75) is 13.0 Å². The summed E-state index contributed by atoms with van der Waals surface area (Å²) in [6, 6.07) is 10.1. The average Bonchev–Trinajstić information content (AvgIpc) is 2.69. The number of esters is 1. The van der Waals surface area contributed by atoms with Crippen molar-refractivity contribution in [3.63, 3.8) is 0 Å². The van der Waals surface area contributed by atoms with Crippen LogP contribution in [0.4, 0.5) is 11.4 Å². The molecule has 3 rings (SSSR count). The number of anilines is 2. The molecular formula is C19H21N3O5. The quantitative estimate of drug-likeness (QED) is 0.484. The fraction of sp³-hybridized carbons (Fsp3) is 0.316. The summed E-state index contributed by atoms with van der Waals surface area (Å²) >= 11 is 0. The predicted octanol–water partition coefficient (Wildman–Crippen LogP) is 1.34. The van der Waals surface area contributed by atoms with Crippen LogP contribution in [0.15, 0.2) is 48.8 Å². The van der Waals surface area contributed by atoms with E-state index in [0.29, 0.717) is 23.6 Å². The van der Waals surface area contributed by atoms with Gasteiger partial charge in [-0.05, 0) is 31.2 Å². The monoisotopic (exact) mass is 371 g/mol. The lowest BCUT2D eigenvalue weighted by atomic mass is 10.2. The van der Waals surface area contributed by atoms with E-state index < -0.39 is 18.0 Å². The van der Waals surface area contributed by atoms with Crippen molar-refractivity contribution in [3.05, 3.63) is 59.6 Å². The van der Waals surface area contributed by atoms with Crippen molar-refractivity contribution < 1.29 is 23.8 Å². The summed E-state index contributed by atoms with van der Waals surface area (Å²) in [5.74, 6) is -1.10. The Morgan fingerprint density at radius 3 is 2.41 bits per heavy atom. The van der Waals surface area contributed by atoms with E-state index in [1.807, 2.05) is 12.1 Å². The Labute approximate surface area is 156 Å². The Hall–Kier alpha value is -3.13. The maximum atomic E-state index is 12.3. The third kappa shape index (κ3) is 4.95. The molecule has 1 N–H and O–H groups in total. The van der Waals surface area contributed by atoms with Crippen molar-refractivity contribution in [3.8, 4) is 0 Å². The van der Waals surface area contributed by atoms with E-state index in [4.69, 9.17) is 9.47 Å². The van der Waals surface area contributed by atoms with Gasteiger partial charge in [0.1, 0.15) is 0 Å². The summed E-state index contributed by atoms with van der Waals surface area (Å²) in [6.07, 6.45) is 1.41. The SMILES string of the molecule is C[C@H](OC(=O)c1cc[n+]([O-])cc1)C(=O)Nc1ccc(N2CCOCC2)cc1. The highest BCUT2D eigenvalue weighted by atomic mass is 16.5. The van der Waals surface area contributed by atoms with Crippen molar-refractivity contribution >= 4 is 23.3 Å². The van der Waals surface area contributed by atoms with Crippen LogP contribution in [-0.4, -0.2) is 44.3 Å². The molecule has 0 radical (unpaired) electrons. The van der Waals surface area contributed by atoms with E-state index in [1.165, 1.54) is 31.5 Å². The third-order valence-electron chi connectivity index (χ3n) is 4.20. The van der Waals surface area contributed by atoms with Crippen molar-refractivity contribution in [1.82, 2.24) is 0 Å². The Morgan fingerprint density at radius 1 is 1.15 bits per heavy atom. The second-order valence-corrected chi connectivity index (χ2v) is 6.13. The summed E-state index contributed by atoms with van der Waals surface area (Å²) in [5.41, 5.74) is 1.89. The van der Waals surface area contributed by atoms with Crippen LogP contribution in [-0.2, 0) is 14.3 Å². The summed E-state index contributed by atoms with van der Waals surface area (Å²) in [5, 5.41) is 13.7. The van der Waals surface area contributed by atoms with Crippen LogP contribution >= 0.6 is 0 Å². The van der Waals surface area contributed by atoms with Gasteiger partial charge in [0.05, 0.1) is 18.8 Å². The Bertz CT molecular complexity index is 786.